The Hall–Kier alpha value is -0.800. The van der Waals surface area contributed by atoms with Crippen molar-refractivity contribution in [3.63, 3.8) is 0 Å². The molecule has 102 valence electrons. The molecule has 0 amide bonds. The van der Waals surface area contributed by atoms with E-state index in [1.165, 1.54) is 25.9 Å². The lowest BCUT2D eigenvalue weighted by molar-refractivity contribution is 0.133. The number of nitrogens with zero attached hydrogens (tertiary/aromatic N) is 1. The van der Waals surface area contributed by atoms with Gasteiger partial charge in [-0.1, -0.05) is 6.92 Å². The summed E-state index contributed by atoms with van der Waals surface area (Å²) in [6.45, 7) is 10.1. The minimum Gasteiger partial charge on any atom is -0.465 e. The lowest BCUT2D eigenvalue weighted by Crippen LogP contribution is -2.42. The van der Waals surface area contributed by atoms with E-state index in [-0.39, 0.29) is 0 Å². The fourth-order valence-corrected chi connectivity index (χ4v) is 2.52. The molecule has 2 rings (SSSR count). The van der Waals surface area contributed by atoms with Crippen LogP contribution in [-0.2, 0) is 0 Å². The van der Waals surface area contributed by atoms with Crippen LogP contribution in [0.5, 0.6) is 0 Å². The van der Waals surface area contributed by atoms with E-state index in [9.17, 15) is 0 Å². The van der Waals surface area contributed by atoms with Crippen molar-refractivity contribution in [1.29, 1.82) is 0 Å². The van der Waals surface area contributed by atoms with E-state index in [2.05, 4.69) is 37.2 Å². The number of hydrogen-bond acceptors (Lipinski definition) is 3. The van der Waals surface area contributed by atoms with E-state index in [1.807, 2.05) is 13.0 Å². The molecular weight excluding hydrogens is 224 g/mol. The second kappa shape index (κ2) is 5.45. The van der Waals surface area contributed by atoms with Crippen molar-refractivity contribution in [1.82, 2.24) is 10.2 Å². The highest BCUT2D eigenvalue weighted by molar-refractivity contribution is 5.09. The Kier molecular flexibility index (Phi) is 4.13. The third-order valence-electron chi connectivity index (χ3n) is 4.22. The maximum Gasteiger partial charge on any atom is 0.120 e. The Morgan fingerprint density at radius 1 is 1.39 bits per heavy atom. The van der Waals surface area contributed by atoms with Crippen molar-refractivity contribution in [3.05, 3.63) is 23.7 Å². The number of hydrogen-bond donors (Lipinski definition) is 1. The highest BCUT2D eigenvalue weighted by atomic mass is 16.3. The molecule has 0 spiro atoms. The van der Waals surface area contributed by atoms with Crippen LogP contribution in [-0.4, -0.2) is 31.6 Å². The summed E-state index contributed by atoms with van der Waals surface area (Å²) in [6.07, 6.45) is 2.56. The molecule has 1 aliphatic heterocycles. The van der Waals surface area contributed by atoms with Gasteiger partial charge in [0.05, 0.1) is 6.04 Å². The molecule has 0 aliphatic carbocycles. The SMILES string of the molecule is Cc1ccc(C(C)NCC2(C)CCN(C)CC2)o1. The zero-order valence-corrected chi connectivity index (χ0v) is 12.1. The van der Waals surface area contributed by atoms with Crippen molar-refractivity contribution >= 4 is 0 Å². The van der Waals surface area contributed by atoms with Crippen LogP contribution in [0, 0.1) is 12.3 Å². The summed E-state index contributed by atoms with van der Waals surface area (Å²) in [4.78, 5) is 2.42. The monoisotopic (exact) mass is 250 g/mol. The van der Waals surface area contributed by atoms with Crippen molar-refractivity contribution in [2.75, 3.05) is 26.7 Å². The summed E-state index contributed by atoms with van der Waals surface area (Å²) in [5.41, 5.74) is 0.433. The van der Waals surface area contributed by atoms with Gasteiger partial charge in [0, 0.05) is 6.54 Å². The molecule has 1 fully saturated rings. The zero-order valence-electron chi connectivity index (χ0n) is 12.1. The zero-order chi connectivity index (χ0) is 13.2. The van der Waals surface area contributed by atoms with Crippen LogP contribution in [0.25, 0.3) is 0 Å². The molecule has 3 nitrogen and oxygen atoms in total. The lowest BCUT2D eigenvalue weighted by Gasteiger charge is -2.38. The maximum atomic E-state index is 5.66. The van der Waals surface area contributed by atoms with E-state index in [0.29, 0.717) is 11.5 Å². The van der Waals surface area contributed by atoms with Gasteiger partial charge in [0.1, 0.15) is 11.5 Å². The van der Waals surface area contributed by atoms with Crippen molar-refractivity contribution in [3.8, 4) is 0 Å². The van der Waals surface area contributed by atoms with Gasteiger partial charge in [-0.15, -0.1) is 0 Å². The summed E-state index contributed by atoms with van der Waals surface area (Å²) >= 11 is 0. The van der Waals surface area contributed by atoms with Crippen LogP contribution in [0.4, 0.5) is 0 Å². The van der Waals surface area contributed by atoms with Gasteiger partial charge < -0.3 is 14.6 Å². The topological polar surface area (TPSA) is 28.4 Å². The van der Waals surface area contributed by atoms with Crippen molar-refractivity contribution in [2.24, 2.45) is 5.41 Å². The number of rotatable bonds is 4. The molecule has 2 heterocycles. The first-order chi connectivity index (χ1) is 8.48. The average molecular weight is 250 g/mol. The number of furan rings is 1. The highest BCUT2D eigenvalue weighted by Gasteiger charge is 2.29. The van der Waals surface area contributed by atoms with E-state index in [4.69, 9.17) is 4.42 Å². The molecule has 1 aliphatic rings. The van der Waals surface area contributed by atoms with E-state index in [0.717, 1.165) is 18.1 Å². The van der Waals surface area contributed by atoms with E-state index >= 15 is 0 Å². The standard InChI is InChI=1S/C15H26N2O/c1-12-5-6-14(18-12)13(2)16-11-15(3)7-9-17(4)10-8-15/h5-6,13,16H,7-11H2,1-4H3. The van der Waals surface area contributed by atoms with Crippen LogP contribution in [0.1, 0.15) is 44.3 Å². The minimum absolute atomic E-state index is 0.301. The van der Waals surface area contributed by atoms with Gasteiger partial charge in [-0.05, 0) is 64.4 Å². The quantitative estimate of drug-likeness (QED) is 0.890. The molecule has 1 saturated heterocycles. The fraction of sp³-hybridized carbons (Fsp3) is 0.733. The summed E-state index contributed by atoms with van der Waals surface area (Å²) in [7, 11) is 2.21. The molecule has 3 heteroatoms. The number of piperidine rings is 1. The molecule has 1 aromatic rings. The Labute approximate surface area is 111 Å². The summed E-state index contributed by atoms with van der Waals surface area (Å²) in [6, 6.07) is 4.41. The van der Waals surface area contributed by atoms with Crippen molar-refractivity contribution < 1.29 is 4.42 Å². The van der Waals surface area contributed by atoms with Gasteiger partial charge in [0.2, 0.25) is 0 Å². The van der Waals surface area contributed by atoms with E-state index < -0.39 is 0 Å². The Bertz CT molecular complexity index is 378. The predicted molar refractivity (Wildman–Crippen MR) is 74.7 cm³/mol. The summed E-state index contributed by atoms with van der Waals surface area (Å²) in [5.74, 6) is 2.04. The number of nitrogens with one attached hydrogen (secondary N) is 1. The van der Waals surface area contributed by atoms with Gasteiger partial charge in [-0.2, -0.15) is 0 Å². The van der Waals surface area contributed by atoms with Crippen molar-refractivity contribution in [2.45, 2.75) is 39.7 Å². The van der Waals surface area contributed by atoms with Gasteiger partial charge >= 0.3 is 0 Å². The molecule has 1 atom stereocenters. The minimum atomic E-state index is 0.301. The largest absolute Gasteiger partial charge is 0.465 e. The first-order valence-electron chi connectivity index (χ1n) is 6.97. The first-order valence-corrected chi connectivity index (χ1v) is 6.97. The summed E-state index contributed by atoms with van der Waals surface area (Å²) < 4.78 is 5.66. The number of likely N-dealkylation sites (tertiary alicyclic amines) is 1. The third-order valence-corrected chi connectivity index (χ3v) is 4.22. The van der Waals surface area contributed by atoms with Crippen LogP contribution in [0.2, 0.25) is 0 Å². The van der Waals surface area contributed by atoms with Crippen LogP contribution >= 0.6 is 0 Å². The normalized spacial score (nSPS) is 22.0. The molecule has 1 aromatic heterocycles. The number of aryl methyl sites for hydroxylation is 1. The van der Waals surface area contributed by atoms with E-state index in [1.54, 1.807) is 0 Å². The van der Waals surface area contributed by atoms with Gasteiger partial charge in [-0.25, -0.2) is 0 Å². The van der Waals surface area contributed by atoms with Gasteiger partial charge in [-0.3, -0.25) is 0 Å². The predicted octanol–water partition coefficient (Wildman–Crippen LogP) is 2.97. The molecule has 1 unspecified atom stereocenters. The molecule has 0 aromatic carbocycles. The van der Waals surface area contributed by atoms with Gasteiger partial charge in [0.15, 0.2) is 0 Å². The highest BCUT2D eigenvalue weighted by Crippen LogP contribution is 2.30. The molecule has 0 radical (unpaired) electrons. The average Bonchev–Trinajstić information content (AvgIpc) is 2.77. The molecule has 18 heavy (non-hydrogen) atoms. The maximum absolute atomic E-state index is 5.66. The lowest BCUT2D eigenvalue weighted by atomic mass is 9.80. The molecular formula is C15H26N2O. The third kappa shape index (κ3) is 3.36. The Balaban J connectivity index is 1.84. The molecule has 0 bridgehead atoms. The first kappa shape index (κ1) is 13.6. The van der Waals surface area contributed by atoms with Crippen LogP contribution in [0.3, 0.4) is 0 Å². The second-order valence-electron chi connectivity index (χ2n) is 6.16. The second-order valence-corrected chi connectivity index (χ2v) is 6.16. The van der Waals surface area contributed by atoms with Crippen LogP contribution in [0.15, 0.2) is 16.5 Å². The van der Waals surface area contributed by atoms with Crippen LogP contribution < -0.4 is 5.32 Å². The molecule has 0 saturated carbocycles. The fourth-order valence-electron chi connectivity index (χ4n) is 2.52. The van der Waals surface area contributed by atoms with Gasteiger partial charge in [0.25, 0.3) is 0 Å². The molecule has 1 N–H and O–H groups in total. The Morgan fingerprint density at radius 3 is 2.61 bits per heavy atom. The summed E-state index contributed by atoms with van der Waals surface area (Å²) in [5, 5.41) is 3.63. The smallest absolute Gasteiger partial charge is 0.120 e. The Morgan fingerprint density at radius 2 is 2.06 bits per heavy atom.